The molecule has 4 rings (SSSR count). The van der Waals surface area contributed by atoms with Crippen molar-refractivity contribution >= 4 is 21.7 Å². The van der Waals surface area contributed by atoms with E-state index < -0.39 is 22.2 Å². The Morgan fingerprint density at radius 2 is 1.64 bits per heavy atom. The van der Waals surface area contributed by atoms with Crippen LogP contribution in [0, 0.1) is 22.7 Å². The Labute approximate surface area is 177 Å². The van der Waals surface area contributed by atoms with Gasteiger partial charge in [0.2, 0.25) is 0 Å². The summed E-state index contributed by atoms with van der Waals surface area (Å²) in [5, 5.41) is 11.2. The maximum Gasteiger partial charge on any atom is 0.147 e. The molecule has 0 aromatic rings. The third-order valence-electron chi connectivity index (χ3n) is 10.4. The summed E-state index contributed by atoms with van der Waals surface area (Å²) >= 11 is 3.38. The van der Waals surface area contributed by atoms with Crippen molar-refractivity contribution in [1.29, 1.82) is 0 Å². The summed E-state index contributed by atoms with van der Waals surface area (Å²) in [6, 6.07) is 0. The summed E-state index contributed by atoms with van der Waals surface area (Å²) in [7, 11) is 0. The van der Waals surface area contributed by atoms with Crippen LogP contribution < -0.4 is 17.2 Å². The van der Waals surface area contributed by atoms with E-state index in [1.54, 1.807) is 0 Å². The highest BCUT2D eigenvalue weighted by molar-refractivity contribution is 9.09. The van der Waals surface area contributed by atoms with Crippen molar-refractivity contribution in [2.45, 2.75) is 101 Å². The third-order valence-corrected chi connectivity index (χ3v) is 10.9. The van der Waals surface area contributed by atoms with E-state index in [1.807, 2.05) is 6.92 Å². The lowest BCUT2D eigenvalue weighted by molar-refractivity contribution is -0.176. The normalized spacial score (nSPS) is 58.6. The van der Waals surface area contributed by atoms with Crippen LogP contribution in [0.3, 0.4) is 0 Å². The average molecular weight is 456 g/mol. The summed E-state index contributed by atoms with van der Waals surface area (Å²) in [6.07, 6.45) is 7.36. The molecule has 4 aliphatic carbocycles. The van der Waals surface area contributed by atoms with Gasteiger partial charge in [-0.15, -0.1) is 0 Å². The minimum atomic E-state index is -0.720. The van der Waals surface area contributed by atoms with Gasteiger partial charge >= 0.3 is 0 Å². The van der Waals surface area contributed by atoms with Crippen molar-refractivity contribution in [2.75, 3.05) is 5.33 Å². The van der Waals surface area contributed by atoms with Gasteiger partial charge in [0.1, 0.15) is 5.78 Å². The zero-order valence-electron chi connectivity index (χ0n) is 17.7. The molecule has 0 bridgehead atoms. The van der Waals surface area contributed by atoms with Gasteiger partial charge in [0.25, 0.3) is 0 Å². The first-order valence-electron chi connectivity index (χ1n) is 11.0. The molecular weight excluding hydrogens is 418 g/mol. The molecule has 0 aliphatic heterocycles. The maximum absolute atomic E-state index is 12.7. The van der Waals surface area contributed by atoms with Crippen LogP contribution in [-0.4, -0.2) is 38.4 Å². The number of carbonyl (C=O) groups excluding carboxylic acids is 1. The molecule has 0 spiro atoms. The Kier molecular flexibility index (Phi) is 4.57. The molecule has 0 radical (unpaired) electrons. The fourth-order valence-corrected chi connectivity index (χ4v) is 8.76. The van der Waals surface area contributed by atoms with Crippen molar-refractivity contribution in [1.82, 2.24) is 0 Å². The van der Waals surface area contributed by atoms with Gasteiger partial charge in [-0.2, -0.15) is 0 Å². The molecule has 5 nitrogen and oxygen atoms in total. The van der Waals surface area contributed by atoms with Gasteiger partial charge in [0, 0.05) is 27.9 Å². The SMILES string of the molecule is C[C@@]1(O)CC[C@@]2(C)[C@](N)(CC[C@@H]3[C@]2(N)CC[C@]2(C)[C@@H](C(=O)CBr)CC[C@@]32N)C1. The first kappa shape index (κ1) is 21.2. The lowest BCUT2D eigenvalue weighted by Gasteiger charge is -2.72. The molecule has 6 heteroatoms. The second-order valence-electron chi connectivity index (χ2n) is 11.4. The molecule has 0 unspecified atom stereocenters. The first-order valence-corrected chi connectivity index (χ1v) is 12.1. The Balaban J connectivity index is 1.75. The van der Waals surface area contributed by atoms with Crippen LogP contribution in [0.5, 0.6) is 0 Å². The number of nitrogens with two attached hydrogens (primary N) is 3. The van der Waals surface area contributed by atoms with Crippen molar-refractivity contribution in [3.63, 3.8) is 0 Å². The van der Waals surface area contributed by atoms with Gasteiger partial charge in [-0.3, -0.25) is 4.79 Å². The Morgan fingerprint density at radius 3 is 2.29 bits per heavy atom. The van der Waals surface area contributed by atoms with Gasteiger partial charge < -0.3 is 22.3 Å². The second kappa shape index (κ2) is 6.03. The highest BCUT2D eigenvalue weighted by Crippen LogP contribution is 2.69. The molecule has 0 heterocycles. The number of alkyl halides is 1. The van der Waals surface area contributed by atoms with E-state index in [1.165, 1.54) is 0 Å². The number of Topliss-reactive ketones (excluding diaryl/α,β-unsaturated/α-hetero) is 1. The molecular formula is C22H38BrN3O2. The van der Waals surface area contributed by atoms with Gasteiger partial charge in [-0.25, -0.2) is 0 Å². The van der Waals surface area contributed by atoms with Crippen molar-refractivity contribution in [3.05, 3.63) is 0 Å². The Morgan fingerprint density at radius 1 is 0.964 bits per heavy atom. The minimum absolute atomic E-state index is 0.0193. The summed E-state index contributed by atoms with van der Waals surface area (Å²) in [5.41, 5.74) is 19.1. The van der Waals surface area contributed by atoms with Crippen LogP contribution in [0.2, 0.25) is 0 Å². The highest BCUT2D eigenvalue weighted by Gasteiger charge is 2.74. The number of halogens is 1. The van der Waals surface area contributed by atoms with Gasteiger partial charge in [-0.05, 0) is 76.0 Å². The number of ketones is 1. The van der Waals surface area contributed by atoms with Crippen LogP contribution in [0.1, 0.15) is 78.6 Å². The quantitative estimate of drug-likeness (QED) is 0.477. The highest BCUT2D eigenvalue weighted by atomic mass is 79.9. The number of hydrogen-bond acceptors (Lipinski definition) is 5. The molecule has 0 amide bonds. The third kappa shape index (κ3) is 2.36. The summed E-state index contributed by atoms with van der Waals surface area (Å²) < 4.78 is 0. The number of carbonyl (C=O) groups is 1. The van der Waals surface area contributed by atoms with E-state index in [0.717, 1.165) is 51.4 Å². The number of hydrogen-bond donors (Lipinski definition) is 4. The van der Waals surface area contributed by atoms with E-state index in [4.69, 9.17) is 17.2 Å². The van der Waals surface area contributed by atoms with E-state index in [2.05, 4.69) is 29.8 Å². The molecule has 4 aliphatic rings. The zero-order valence-corrected chi connectivity index (χ0v) is 19.3. The molecule has 28 heavy (non-hydrogen) atoms. The van der Waals surface area contributed by atoms with Crippen LogP contribution in [0.4, 0.5) is 0 Å². The smallest absolute Gasteiger partial charge is 0.147 e. The predicted molar refractivity (Wildman–Crippen MR) is 115 cm³/mol. The first-order chi connectivity index (χ1) is 12.8. The van der Waals surface area contributed by atoms with E-state index in [-0.39, 0.29) is 28.4 Å². The van der Waals surface area contributed by atoms with E-state index >= 15 is 0 Å². The van der Waals surface area contributed by atoms with Gasteiger partial charge in [0.15, 0.2) is 0 Å². The van der Waals surface area contributed by atoms with Crippen LogP contribution in [-0.2, 0) is 4.79 Å². The lowest BCUT2D eigenvalue weighted by Crippen LogP contribution is -2.82. The largest absolute Gasteiger partial charge is 0.390 e. The van der Waals surface area contributed by atoms with Crippen LogP contribution in [0.25, 0.3) is 0 Å². The molecule has 8 atom stereocenters. The fourth-order valence-electron chi connectivity index (χ4n) is 8.37. The van der Waals surface area contributed by atoms with Crippen LogP contribution >= 0.6 is 15.9 Å². The number of fused-ring (bicyclic) bond motifs is 5. The summed E-state index contributed by atoms with van der Waals surface area (Å²) in [5.74, 6) is 0.464. The fraction of sp³-hybridized carbons (Fsp3) is 0.955. The number of aliphatic hydroxyl groups is 1. The summed E-state index contributed by atoms with van der Waals surface area (Å²) in [4.78, 5) is 12.7. The molecule has 0 aromatic heterocycles. The molecule has 160 valence electrons. The van der Waals surface area contributed by atoms with E-state index in [9.17, 15) is 9.90 Å². The molecule has 4 fully saturated rings. The topological polar surface area (TPSA) is 115 Å². The van der Waals surface area contributed by atoms with Crippen molar-refractivity contribution in [3.8, 4) is 0 Å². The monoisotopic (exact) mass is 455 g/mol. The van der Waals surface area contributed by atoms with Gasteiger partial charge in [-0.1, -0.05) is 29.8 Å². The van der Waals surface area contributed by atoms with E-state index in [0.29, 0.717) is 11.8 Å². The second-order valence-corrected chi connectivity index (χ2v) is 12.0. The van der Waals surface area contributed by atoms with Crippen molar-refractivity contribution in [2.24, 2.45) is 39.9 Å². The van der Waals surface area contributed by atoms with Crippen LogP contribution in [0.15, 0.2) is 0 Å². The number of rotatable bonds is 2. The standard InChI is InChI=1S/C22H38BrN3O2/c1-17(28)8-10-19(3)20(24,13-17)6-5-16-21(25)7-4-14(15(27)12-23)18(21,2)9-11-22(16,19)26/h14,16,28H,4-13,24-26H2,1-3H3/t14-,16+,17-,18-,19+,20+,21-,22-/m1/s1. The minimum Gasteiger partial charge on any atom is -0.390 e. The lowest BCUT2D eigenvalue weighted by atomic mass is 9.37. The van der Waals surface area contributed by atoms with Gasteiger partial charge in [0.05, 0.1) is 10.9 Å². The molecule has 7 N–H and O–H groups in total. The Hall–Kier alpha value is -0.0100. The molecule has 0 saturated heterocycles. The molecule has 4 saturated carbocycles. The predicted octanol–water partition coefficient (Wildman–Crippen LogP) is 2.60. The zero-order chi connectivity index (χ0) is 20.8. The van der Waals surface area contributed by atoms with Crippen molar-refractivity contribution < 1.29 is 9.90 Å². The Bertz CT molecular complexity index is 701. The summed E-state index contributed by atoms with van der Waals surface area (Å²) in [6.45, 7) is 6.41. The molecule has 0 aromatic carbocycles. The maximum atomic E-state index is 12.7. The average Bonchev–Trinajstić information content (AvgIpc) is 2.88.